The standard InChI is InChI=1S/C22H20O/c1-18(19-11-5-2-6-12-19)22(20-13-7-3-8-14-20)17-23-21-15-9-4-10-16-21/h2-16H,17H2,1H3. The van der Waals surface area contributed by atoms with Crippen LogP contribution in [0.4, 0.5) is 0 Å². The van der Waals surface area contributed by atoms with E-state index in [0.29, 0.717) is 6.61 Å². The zero-order chi connectivity index (χ0) is 15.9. The maximum absolute atomic E-state index is 6.01. The van der Waals surface area contributed by atoms with Crippen LogP contribution >= 0.6 is 0 Å². The van der Waals surface area contributed by atoms with Crippen molar-refractivity contribution in [3.63, 3.8) is 0 Å². The summed E-state index contributed by atoms with van der Waals surface area (Å²) in [5.74, 6) is 0.891. The molecule has 0 aromatic heterocycles. The second kappa shape index (κ2) is 7.46. The summed E-state index contributed by atoms with van der Waals surface area (Å²) in [5, 5.41) is 0. The van der Waals surface area contributed by atoms with E-state index >= 15 is 0 Å². The molecule has 0 radical (unpaired) electrons. The summed E-state index contributed by atoms with van der Waals surface area (Å²) in [7, 11) is 0. The van der Waals surface area contributed by atoms with Crippen LogP contribution in [0.25, 0.3) is 11.1 Å². The van der Waals surface area contributed by atoms with Gasteiger partial charge in [0.15, 0.2) is 0 Å². The first-order chi connectivity index (χ1) is 11.3. The lowest BCUT2D eigenvalue weighted by atomic mass is 9.96. The number of benzene rings is 3. The molecule has 0 aliphatic rings. The number of ether oxygens (including phenoxy) is 1. The summed E-state index contributed by atoms with van der Waals surface area (Å²) in [6.45, 7) is 2.71. The highest BCUT2D eigenvalue weighted by atomic mass is 16.5. The molecule has 0 saturated heterocycles. The van der Waals surface area contributed by atoms with Gasteiger partial charge in [-0.2, -0.15) is 0 Å². The molecule has 0 N–H and O–H groups in total. The molecule has 0 saturated carbocycles. The van der Waals surface area contributed by atoms with Gasteiger partial charge in [0.25, 0.3) is 0 Å². The highest BCUT2D eigenvalue weighted by molar-refractivity contribution is 5.90. The van der Waals surface area contributed by atoms with Crippen molar-refractivity contribution in [2.75, 3.05) is 6.61 Å². The molecule has 0 bridgehead atoms. The maximum atomic E-state index is 6.01. The van der Waals surface area contributed by atoms with E-state index in [2.05, 4.69) is 55.5 Å². The lowest BCUT2D eigenvalue weighted by Gasteiger charge is -2.15. The molecule has 0 atom stereocenters. The minimum atomic E-state index is 0.550. The van der Waals surface area contributed by atoms with Gasteiger partial charge in [0, 0.05) is 5.57 Å². The lowest BCUT2D eigenvalue weighted by molar-refractivity contribution is 0.370. The molecule has 0 unspecified atom stereocenters. The third kappa shape index (κ3) is 3.89. The van der Waals surface area contributed by atoms with Crippen molar-refractivity contribution in [3.8, 4) is 5.75 Å². The zero-order valence-electron chi connectivity index (χ0n) is 13.3. The van der Waals surface area contributed by atoms with Crippen LogP contribution in [0.15, 0.2) is 91.0 Å². The number of rotatable bonds is 5. The summed E-state index contributed by atoms with van der Waals surface area (Å²) in [6, 6.07) is 30.9. The largest absolute Gasteiger partial charge is 0.489 e. The number of allylic oxidation sites excluding steroid dienone is 1. The number of hydrogen-bond acceptors (Lipinski definition) is 1. The molecular formula is C22H20O. The van der Waals surface area contributed by atoms with Gasteiger partial charge in [-0.05, 0) is 35.8 Å². The Morgan fingerprint density at radius 1 is 0.652 bits per heavy atom. The van der Waals surface area contributed by atoms with E-state index in [4.69, 9.17) is 4.74 Å². The Hall–Kier alpha value is -2.80. The van der Waals surface area contributed by atoms with Crippen LogP contribution in [0.3, 0.4) is 0 Å². The molecular weight excluding hydrogens is 280 g/mol. The molecule has 0 fully saturated rings. The van der Waals surface area contributed by atoms with Crippen LogP contribution in [0.5, 0.6) is 5.75 Å². The van der Waals surface area contributed by atoms with Crippen molar-refractivity contribution in [1.82, 2.24) is 0 Å². The summed E-state index contributed by atoms with van der Waals surface area (Å²) in [5.41, 5.74) is 4.88. The lowest BCUT2D eigenvalue weighted by Crippen LogP contribution is -2.03. The van der Waals surface area contributed by atoms with Gasteiger partial charge >= 0.3 is 0 Å². The average molecular weight is 300 g/mol. The molecule has 0 aliphatic carbocycles. The smallest absolute Gasteiger partial charge is 0.119 e. The SMILES string of the molecule is CC(=C(COc1ccccc1)c1ccccc1)c1ccccc1. The molecule has 23 heavy (non-hydrogen) atoms. The van der Waals surface area contributed by atoms with Crippen molar-refractivity contribution in [2.45, 2.75) is 6.92 Å². The third-order valence-electron chi connectivity index (χ3n) is 3.91. The highest BCUT2D eigenvalue weighted by Crippen LogP contribution is 2.27. The number of para-hydroxylation sites is 1. The van der Waals surface area contributed by atoms with Gasteiger partial charge in [0.1, 0.15) is 12.4 Å². The Morgan fingerprint density at radius 2 is 1.13 bits per heavy atom. The van der Waals surface area contributed by atoms with Crippen molar-refractivity contribution in [3.05, 3.63) is 102 Å². The Balaban J connectivity index is 1.94. The number of hydrogen-bond donors (Lipinski definition) is 0. The summed E-state index contributed by atoms with van der Waals surface area (Å²) in [6.07, 6.45) is 0. The topological polar surface area (TPSA) is 9.23 Å². The minimum absolute atomic E-state index is 0.550. The average Bonchev–Trinajstić information content (AvgIpc) is 2.64. The van der Waals surface area contributed by atoms with Crippen molar-refractivity contribution in [1.29, 1.82) is 0 Å². The van der Waals surface area contributed by atoms with Gasteiger partial charge in [0.05, 0.1) is 0 Å². The summed E-state index contributed by atoms with van der Waals surface area (Å²) < 4.78 is 6.01. The van der Waals surface area contributed by atoms with Gasteiger partial charge in [-0.3, -0.25) is 0 Å². The van der Waals surface area contributed by atoms with Gasteiger partial charge in [-0.25, -0.2) is 0 Å². The third-order valence-corrected chi connectivity index (χ3v) is 3.91. The fraction of sp³-hybridized carbons (Fsp3) is 0.0909. The molecule has 1 nitrogen and oxygen atoms in total. The van der Waals surface area contributed by atoms with Crippen LogP contribution in [-0.4, -0.2) is 6.61 Å². The molecule has 3 aromatic rings. The molecule has 114 valence electrons. The fourth-order valence-corrected chi connectivity index (χ4v) is 2.58. The van der Waals surface area contributed by atoms with E-state index in [1.165, 1.54) is 22.3 Å². The molecule has 3 aromatic carbocycles. The van der Waals surface area contributed by atoms with Crippen LogP contribution in [0.2, 0.25) is 0 Å². The molecule has 3 rings (SSSR count). The molecule has 0 amide bonds. The zero-order valence-corrected chi connectivity index (χ0v) is 13.3. The van der Waals surface area contributed by atoms with Crippen molar-refractivity contribution >= 4 is 11.1 Å². The van der Waals surface area contributed by atoms with Crippen molar-refractivity contribution in [2.24, 2.45) is 0 Å². The Bertz CT molecular complexity index is 759. The quantitative estimate of drug-likeness (QED) is 0.549. The summed E-state index contributed by atoms with van der Waals surface area (Å²) >= 11 is 0. The normalized spacial score (nSPS) is 11.7. The van der Waals surface area contributed by atoms with Crippen molar-refractivity contribution < 1.29 is 4.74 Å². The molecule has 0 aliphatic heterocycles. The van der Waals surface area contributed by atoms with Gasteiger partial charge in [0.2, 0.25) is 0 Å². The van der Waals surface area contributed by atoms with Crippen LogP contribution in [-0.2, 0) is 0 Å². The van der Waals surface area contributed by atoms with E-state index < -0.39 is 0 Å². The van der Waals surface area contributed by atoms with E-state index in [1.54, 1.807) is 0 Å². The predicted molar refractivity (Wildman–Crippen MR) is 97.3 cm³/mol. The second-order valence-electron chi connectivity index (χ2n) is 5.44. The fourth-order valence-electron chi connectivity index (χ4n) is 2.58. The Labute approximate surface area is 137 Å². The molecule has 0 spiro atoms. The van der Waals surface area contributed by atoms with Gasteiger partial charge < -0.3 is 4.74 Å². The van der Waals surface area contributed by atoms with Gasteiger partial charge in [-0.15, -0.1) is 0 Å². The first-order valence-corrected chi connectivity index (χ1v) is 7.83. The van der Waals surface area contributed by atoms with Gasteiger partial charge in [-0.1, -0.05) is 78.9 Å². The van der Waals surface area contributed by atoms with Crippen LogP contribution in [0.1, 0.15) is 18.1 Å². The van der Waals surface area contributed by atoms with E-state index in [1.807, 2.05) is 42.5 Å². The predicted octanol–water partition coefficient (Wildman–Crippen LogP) is 5.70. The Kier molecular flexibility index (Phi) is 4.90. The Morgan fingerprint density at radius 3 is 1.70 bits per heavy atom. The maximum Gasteiger partial charge on any atom is 0.119 e. The van der Waals surface area contributed by atoms with Crippen LogP contribution < -0.4 is 4.74 Å². The molecule has 0 heterocycles. The summed E-state index contributed by atoms with van der Waals surface area (Å²) in [4.78, 5) is 0. The molecule has 1 heteroatoms. The van der Waals surface area contributed by atoms with E-state index in [0.717, 1.165) is 5.75 Å². The highest BCUT2D eigenvalue weighted by Gasteiger charge is 2.09. The van der Waals surface area contributed by atoms with Crippen LogP contribution in [0, 0.1) is 0 Å². The first-order valence-electron chi connectivity index (χ1n) is 7.83. The minimum Gasteiger partial charge on any atom is -0.489 e. The second-order valence-corrected chi connectivity index (χ2v) is 5.44. The first kappa shape index (κ1) is 15.1. The van der Waals surface area contributed by atoms with E-state index in [-0.39, 0.29) is 0 Å². The monoisotopic (exact) mass is 300 g/mol. The van der Waals surface area contributed by atoms with E-state index in [9.17, 15) is 0 Å².